The molecule has 2 saturated heterocycles. The predicted molar refractivity (Wildman–Crippen MR) is 132 cm³/mol. The van der Waals surface area contributed by atoms with E-state index < -0.39 is 0 Å². The molecular formula is C27H35N5. The molecule has 2 aliphatic rings. The third kappa shape index (κ3) is 5.11. The van der Waals surface area contributed by atoms with Crippen LogP contribution in [0.5, 0.6) is 0 Å². The molecule has 3 heterocycles. The van der Waals surface area contributed by atoms with Crippen LogP contribution in [0.1, 0.15) is 24.1 Å². The highest BCUT2D eigenvalue weighted by Crippen LogP contribution is 2.23. The Labute approximate surface area is 192 Å². The van der Waals surface area contributed by atoms with Crippen molar-refractivity contribution < 1.29 is 0 Å². The Hall–Kier alpha value is -2.50. The third-order valence-electron chi connectivity index (χ3n) is 7.07. The Balaban J connectivity index is 1.12. The first-order chi connectivity index (χ1) is 15.7. The molecule has 3 aromatic rings. The van der Waals surface area contributed by atoms with Crippen molar-refractivity contribution in [1.29, 1.82) is 0 Å². The van der Waals surface area contributed by atoms with Gasteiger partial charge in [-0.05, 0) is 56.3 Å². The fourth-order valence-corrected chi connectivity index (χ4v) is 5.32. The van der Waals surface area contributed by atoms with Crippen LogP contribution in [0, 0.1) is 12.8 Å². The van der Waals surface area contributed by atoms with Crippen LogP contribution in [0.25, 0.3) is 11.0 Å². The van der Waals surface area contributed by atoms with E-state index in [9.17, 15) is 0 Å². The molecule has 32 heavy (non-hydrogen) atoms. The average Bonchev–Trinajstić information content (AvgIpc) is 2.84. The first kappa shape index (κ1) is 21.4. The zero-order valence-corrected chi connectivity index (χ0v) is 19.3. The van der Waals surface area contributed by atoms with E-state index in [-0.39, 0.29) is 0 Å². The van der Waals surface area contributed by atoms with E-state index in [0.29, 0.717) is 0 Å². The topological polar surface area (TPSA) is 35.5 Å². The summed E-state index contributed by atoms with van der Waals surface area (Å²) in [5, 5.41) is 0. The van der Waals surface area contributed by atoms with Crippen LogP contribution in [0.3, 0.4) is 0 Å². The van der Waals surface area contributed by atoms with E-state index in [1.165, 1.54) is 51.0 Å². The number of benzene rings is 2. The molecule has 1 atom stereocenters. The number of hydrogen-bond donors (Lipinski definition) is 0. The summed E-state index contributed by atoms with van der Waals surface area (Å²) >= 11 is 0. The van der Waals surface area contributed by atoms with E-state index in [2.05, 4.69) is 58.0 Å². The molecule has 0 N–H and O–H groups in total. The molecule has 0 amide bonds. The zero-order chi connectivity index (χ0) is 21.8. The Morgan fingerprint density at radius 1 is 0.812 bits per heavy atom. The van der Waals surface area contributed by atoms with Crippen molar-refractivity contribution in [3.63, 3.8) is 0 Å². The first-order valence-corrected chi connectivity index (χ1v) is 12.2. The molecule has 168 valence electrons. The summed E-state index contributed by atoms with van der Waals surface area (Å²) in [6.45, 7) is 11.3. The van der Waals surface area contributed by atoms with Crippen molar-refractivity contribution in [3.05, 3.63) is 65.9 Å². The molecule has 2 aromatic carbocycles. The molecule has 1 unspecified atom stereocenters. The van der Waals surface area contributed by atoms with Gasteiger partial charge in [0.25, 0.3) is 0 Å². The monoisotopic (exact) mass is 429 g/mol. The first-order valence-electron chi connectivity index (χ1n) is 12.2. The lowest BCUT2D eigenvalue weighted by Crippen LogP contribution is -2.50. The summed E-state index contributed by atoms with van der Waals surface area (Å²) in [6.07, 6.45) is 3.88. The van der Waals surface area contributed by atoms with Crippen LogP contribution in [-0.4, -0.2) is 72.1 Å². The van der Waals surface area contributed by atoms with Crippen LogP contribution in [-0.2, 0) is 6.42 Å². The summed E-state index contributed by atoms with van der Waals surface area (Å²) in [6, 6.07) is 19.1. The number of para-hydroxylation sites is 2. The van der Waals surface area contributed by atoms with E-state index in [0.717, 1.165) is 54.6 Å². The number of piperazine rings is 1. The molecule has 5 rings (SSSR count). The minimum atomic E-state index is 0.799. The van der Waals surface area contributed by atoms with Gasteiger partial charge in [-0.1, -0.05) is 42.5 Å². The largest absolute Gasteiger partial charge is 0.353 e. The van der Waals surface area contributed by atoms with Crippen LogP contribution < -0.4 is 4.90 Å². The maximum Gasteiger partial charge on any atom is 0.150 e. The smallest absolute Gasteiger partial charge is 0.150 e. The van der Waals surface area contributed by atoms with Crippen molar-refractivity contribution in [2.45, 2.75) is 26.2 Å². The lowest BCUT2D eigenvalue weighted by atomic mass is 9.96. The van der Waals surface area contributed by atoms with Crippen LogP contribution in [0.15, 0.2) is 54.6 Å². The van der Waals surface area contributed by atoms with Crippen LogP contribution >= 0.6 is 0 Å². The molecule has 0 bridgehead atoms. The third-order valence-corrected chi connectivity index (χ3v) is 7.07. The number of aryl methyl sites for hydroxylation is 1. The van der Waals surface area contributed by atoms with Gasteiger partial charge in [0.1, 0.15) is 0 Å². The maximum atomic E-state index is 4.93. The second-order valence-electron chi connectivity index (χ2n) is 9.45. The van der Waals surface area contributed by atoms with E-state index in [1.54, 1.807) is 0 Å². The Morgan fingerprint density at radius 2 is 1.53 bits per heavy atom. The minimum absolute atomic E-state index is 0.799. The lowest BCUT2D eigenvalue weighted by molar-refractivity contribution is 0.130. The number of piperidine rings is 1. The highest BCUT2D eigenvalue weighted by molar-refractivity contribution is 5.76. The average molecular weight is 430 g/mol. The molecule has 2 aliphatic heterocycles. The normalized spacial score (nSPS) is 20.7. The molecule has 0 spiro atoms. The van der Waals surface area contributed by atoms with Gasteiger partial charge in [-0.25, -0.2) is 9.97 Å². The van der Waals surface area contributed by atoms with Crippen molar-refractivity contribution in [1.82, 2.24) is 19.8 Å². The second kappa shape index (κ2) is 9.97. The Bertz CT molecular complexity index is 1010. The highest BCUT2D eigenvalue weighted by Gasteiger charge is 2.25. The quantitative estimate of drug-likeness (QED) is 0.592. The Kier molecular flexibility index (Phi) is 6.65. The van der Waals surface area contributed by atoms with Gasteiger partial charge in [-0.3, -0.25) is 4.90 Å². The predicted octanol–water partition coefficient (Wildman–Crippen LogP) is 4.01. The summed E-state index contributed by atoms with van der Waals surface area (Å²) in [5.74, 6) is 1.86. The summed E-state index contributed by atoms with van der Waals surface area (Å²) in [7, 11) is 0. The van der Waals surface area contributed by atoms with Crippen LogP contribution in [0.2, 0.25) is 0 Å². The number of hydrogen-bond acceptors (Lipinski definition) is 5. The molecule has 2 fully saturated rings. The van der Waals surface area contributed by atoms with Gasteiger partial charge in [-0.2, -0.15) is 0 Å². The summed E-state index contributed by atoms with van der Waals surface area (Å²) in [5.41, 5.74) is 4.48. The van der Waals surface area contributed by atoms with Gasteiger partial charge in [0.2, 0.25) is 0 Å². The zero-order valence-electron chi connectivity index (χ0n) is 19.3. The van der Waals surface area contributed by atoms with Gasteiger partial charge in [0, 0.05) is 45.8 Å². The second-order valence-corrected chi connectivity index (χ2v) is 9.45. The van der Waals surface area contributed by atoms with Gasteiger partial charge in [0.15, 0.2) is 5.82 Å². The molecule has 0 radical (unpaired) electrons. The van der Waals surface area contributed by atoms with E-state index >= 15 is 0 Å². The van der Waals surface area contributed by atoms with Crippen molar-refractivity contribution >= 4 is 16.9 Å². The SMILES string of the molecule is Cc1nc2ccccc2nc1N1CCN(CC2CCCN(CCc3ccccc3)C2)CC1. The number of anilines is 1. The Morgan fingerprint density at radius 3 is 2.31 bits per heavy atom. The van der Waals surface area contributed by atoms with E-state index in [4.69, 9.17) is 9.97 Å². The fourth-order valence-electron chi connectivity index (χ4n) is 5.32. The number of likely N-dealkylation sites (tertiary alicyclic amines) is 1. The van der Waals surface area contributed by atoms with Crippen molar-refractivity contribution in [2.24, 2.45) is 5.92 Å². The molecule has 1 aromatic heterocycles. The van der Waals surface area contributed by atoms with Crippen molar-refractivity contribution in [3.8, 4) is 0 Å². The number of fused-ring (bicyclic) bond motifs is 1. The maximum absolute atomic E-state index is 4.93. The van der Waals surface area contributed by atoms with Gasteiger partial charge >= 0.3 is 0 Å². The molecule has 0 aliphatic carbocycles. The molecule has 0 saturated carbocycles. The number of rotatable bonds is 6. The van der Waals surface area contributed by atoms with Gasteiger partial charge in [0.05, 0.1) is 16.7 Å². The van der Waals surface area contributed by atoms with Crippen LogP contribution in [0.4, 0.5) is 5.82 Å². The molecular weight excluding hydrogens is 394 g/mol. The lowest BCUT2D eigenvalue weighted by Gasteiger charge is -2.40. The molecule has 5 nitrogen and oxygen atoms in total. The van der Waals surface area contributed by atoms with Gasteiger partial charge < -0.3 is 9.80 Å². The van der Waals surface area contributed by atoms with Gasteiger partial charge in [-0.15, -0.1) is 0 Å². The fraction of sp³-hybridized carbons (Fsp3) is 0.481. The van der Waals surface area contributed by atoms with Crippen molar-refractivity contribution in [2.75, 3.05) is 57.3 Å². The summed E-state index contributed by atoms with van der Waals surface area (Å²) < 4.78 is 0. The number of aromatic nitrogens is 2. The number of nitrogens with zero attached hydrogens (tertiary/aromatic N) is 5. The highest BCUT2D eigenvalue weighted by atomic mass is 15.3. The van der Waals surface area contributed by atoms with E-state index in [1.807, 2.05) is 18.2 Å². The molecule has 5 heteroatoms. The summed E-state index contributed by atoms with van der Waals surface area (Å²) in [4.78, 5) is 17.5. The standard InChI is InChI=1S/C27H35N5/c1-22-27(29-26-12-6-5-11-25(26)28-22)32-18-16-31(17-19-32)21-24-10-7-14-30(20-24)15-13-23-8-3-2-4-9-23/h2-6,8-9,11-12,24H,7,10,13-21H2,1H3. The minimum Gasteiger partial charge on any atom is -0.353 e.